The second-order valence-electron chi connectivity index (χ2n) is 6.40. The normalized spacial score (nSPS) is 30.1. The fourth-order valence-electron chi connectivity index (χ4n) is 3.79. The fraction of sp³-hybridized carbons (Fsp3) is 0.500. The van der Waals surface area contributed by atoms with Crippen LogP contribution in [-0.2, 0) is 15.0 Å². The maximum Gasteiger partial charge on any atom is 0.165 e. The molecule has 1 aromatic carbocycles. The Morgan fingerprint density at radius 2 is 1.95 bits per heavy atom. The van der Waals surface area contributed by atoms with E-state index in [9.17, 15) is 18.4 Å². The quantitative estimate of drug-likeness (QED) is 0.748. The number of hydrogen-bond acceptors (Lipinski definition) is 3. The Labute approximate surface area is 121 Å². The molecule has 0 saturated heterocycles. The van der Waals surface area contributed by atoms with Gasteiger partial charge in [-0.2, -0.15) is 0 Å². The van der Waals surface area contributed by atoms with Gasteiger partial charge in [0.15, 0.2) is 11.6 Å². The van der Waals surface area contributed by atoms with E-state index < -0.39 is 28.4 Å². The second kappa shape index (κ2) is 4.36. The molecule has 1 saturated carbocycles. The number of hydrogen-bond donors (Lipinski definition) is 0. The summed E-state index contributed by atoms with van der Waals surface area (Å²) in [4.78, 5) is 24.0. The van der Waals surface area contributed by atoms with Crippen LogP contribution in [0.5, 0.6) is 5.75 Å². The third-order valence-corrected chi connectivity index (χ3v) is 5.11. The Hall–Kier alpha value is -1.78. The van der Waals surface area contributed by atoms with Gasteiger partial charge >= 0.3 is 0 Å². The Morgan fingerprint density at radius 3 is 2.62 bits per heavy atom. The number of carbonyl (C=O) groups excluding carboxylic acids is 2. The van der Waals surface area contributed by atoms with Crippen molar-refractivity contribution in [2.24, 2.45) is 11.3 Å². The van der Waals surface area contributed by atoms with Crippen LogP contribution in [0.25, 0.3) is 0 Å². The lowest BCUT2D eigenvalue weighted by Crippen LogP contribution is -2.57. The van der Waals surface area contributed by atoms with Crippen molar-refractivity contribution in [1.29, 1.82) is 0 Å². The van der Waals surface area contributed by atoms with Crippen molar-refractivity contribution in [2.45, 2.75) is 32.1 Å². The maximum atomic E-state index is 14.3. The molecule has 1 heterocycles. The first-order chi connectivity index (χ1) is 9.84. The Kier molecular flexibility index (Phi) is 2.94. The number of aldehydes is 1. The minimum atomic E-state index is -1.20. The lowest BCUT2D eigenvalue weighted by molar-refractivity contribution is -0.142. The predicted molar refractivity (Wildman–Crippen MR) is 71.1 cm³/mol. The van der Waals surface area contributed by atoms with Crippen LogP contribution in [0.3, 0.4) is 0 Å². The standard InChI is InChI=1S/C16H16F2O3/c1-15(2)11-7-21-14-10(18)4-3-9(17)13(14)16(11,8-19)6-5-12(15)20/h3-4,8,11H,5-7H2,1-2H3. The second-order valence-corrected chi connectivity index (χ2v) is 6.40. The van der Waals surface area contributed by atoms with Gasteiger partial charge in [0.2, 0.25) is 0 Å². The van der Waals surface area contributed by atoms with Crippen LogP contribution < -0.4 is 4.74 Å². The zero-order valence-corrected chi connectivity index (χ0v) is 11.9. The smallest absolute Gasteiger partial charge is 0.165 e. The number of fused-ring (bicyclic) bond motifs is 3. The van der Waals surface area contributed by atoms with Crippen molar-refractivity contribution < 1.29 is 23.1 Å². The first-order valence-electron chi connectivity index (χ1n) is 6.95. The van der Waals surface area contributed by atoms with E-state index in [1.165, 1.54) is 0 Å². The molecule has 0 bridgehead atoms. The van der Waals surface area contributed by atoms with Gasteiger partial charge in [-0.25, -0.2) is 8.78 Å². The highest BCUT2D eigenvalue weighted by Gasteiger charge is 2.58. The summed E-state index contributed by atoms with van der Waals surface area (Å²) in [5.74, 6) is -2.00. The van der Waals surface area contributed by atoms with E-state index in [1.54, 1.807) is 13.8 Å². The zero-order chi connectivity index (χ0) is 15.4. The van der Waals surface area contributed by atoms with Gasteiger partial charge in [-0.3, -0.25) is 4.79 Å². The zero-order valence-electron chi connectivity index (χ0n) is 11.9. The van der Waals surface area contributed by atoms with Crippen molar-refractivity contribution >= 4 is 12.1 Å². The van der Waals surface area contributed by atoms with Crippen molar-refractivity contribution in [3.63, 3.8) is 0 Å². The topological polar surface area (TPSA) is 43.4 Å². The predicted octanol–water partition coefficient (Wildman–Crippen LogP) is 2.80. The molecule has 0 amide bonds. The Balaban J connectivity index is 2.28. The molecule has 0 radical (unpaired) electrons. The minimum absolute atomic E-state index is 0.0221. The van der Waals surface area contributed by atoms with Crippen LogP contribution in [-0.4, -0.2) is 18.7 Å². The van der Waals surface area contributed by atoms with Crippen LogP contribution >= 0.6 is 0 Å². The molecule has 2 aliphatic rings. The molecule has 0 spiro atoms. The lowest BCUT2D eigenvalue weighted by atomic mass is 9.53. The lowest BCUT2D eigenvalue weighted by Gasteiger charge is -2.51. The number of halogens is 2. The summed E-state index contributed by atoms with van der Waals surface area (Å²) < 4.78 is 33.6. The van der Waals surface area contributed by atoms with Gasteiger partial charge in [-0.1, -0.05) is 13.8 Å². The molecule has 3 rings (SSSR count). The van der Waals surface area contributed by atoms with Crippen LogP contribution in [0.15, 0.2) is 12.1 Å². The monoisotopic (exact) mass is 294 g/mol. The van der Waals surface area contributed by atoms with Crippen LogP contribution in [0.2, 0.25) is 0 Å². The van der Waals surface area contributed by atoms with Crippen molar-refractivity contribution in [3.8, 4) is 5.75 Å². The highest BCUT2D eigenvalue weighted by atomic mass is 19.1. The molecule has 1 aliphatic carbocycles. The number of Topliss-reactive ketones (excluding diaryl/α,β-unsaturated/α-hetero) is 1. The number of ketones is 1. The van der Waals surface area contributed by atoms with E-state index in [0.717, 1.165) is 12.1 Å². The van der Waals surface area contributed by atoms with Crippen LogP contribution in [0.4, 0.5) is 8.78 Å². The van der Waals surface area contributed by atoms with Gasteiger partial charge in [0, 0.05) is 23.3 Å². The molecular weight excluding hydrogens is 278 g/mol. The molecule has 0 aromatic heterocycles. The Bertz CT molecular complexity index is 639. The average Bonchev–Trinajstić information content (AvgIpc) is 2.46. The molecule has 2 unspecified atom stereocenters. The van der Waals surface area contributed by atoms with Gasteiger partial charge in [-0.05, 0) is 18.6 Å². The molecule has 0 N–H and O–H groups in total. The number of carbonyl (C=O) groups is 2. The summed E-state index contributed by atoms with van der Waals surface area (Å²) in [6, 6.07) is 2.00. The third kappa shape index (κ3) is 1.69. The number of benzene rings is 1. The van der Waals surface area contributed by atoms with E-state index in [4.69, 9.17) is 4.74 Å². The van der Waals surface area contributed by atoms with Crippen LogP contribution in [0, 0.1) is 23.0 Å². The van der Waals surface area contributed by atoms with Crippen molar-refractivity contribution in [1.82, 2.24) is 0 Å². The fourth-order valence-corrected chi connectivity index (χ4v) is 3.79. The third-order valence-electron chi connectivity index (χ3n) is 5.11. The summed E-state index contributed by atoms with van der Waals surface area (Å²) in [5, 5.41) is 0. The van der Waals surface area contributed by atoms with Gasteiger partial charge < -0.3 is 9.53 Å². The van der Waals surface area contributed by atoms with Crippen LogP contribution in [0.1, 0.15) is 32.3 Å². The Morgan fingerprint density at radius 1 is 1.29 bits per heavy atom. The summed E-state index contributed by atoms with van der Waals surface area (Å²) >= 11 is 0. The van der Waals surface area contributed by atoms with Crippen molar-refractivity contribution in [2.75, 3.05) is 6.61 Å². The molecule has 1 fully saturated rings. The molecule has 2 atom stereocenters. The summed E-state index contributed by atoms with van der Waals surface area (Å²) in [7, 11) is 0. The van der Waals surface area contributed by atoms with Gasteiger partial charge in [0.1, 0.15) is 17.9 Å². The first kappa shape index (κ1) is 14.2. The van der Waals surface area contributed by atoms with Gasteiger partial charge in [-0.15, -0.1) is 0 Å². The molecular formula is C16H16F2O3. The van der Waals surface area contributed by atoms with Gasteiger partial charge in [0.05, 0.1) is 12.0 Å². The molecule has 1 aromatic rings. The van der Waals surface area contributed by atoms with E-state index in [-0.39, 0.29) is 36.5 Å². The molecule has 1 aliphatic heterocycles. The largest absolute Gasteiger partial charge is 0.490 e. The first-order valence-corrected chi connectivity index (χ1v) is 6.95. The summed E-state index contributed by atoms with van der Waals surface area (Å²) in [6.45, 7) is 3.51. The summed E-state index contributed by atoms with van der Waals surface area (Å²) in [6.07, 6.45) is 1.05. The molecule has 3 nitrogen and oxygen atoms in total. The average molecular weight is 294 g/mol. The van der Waals surface area contributed by atoms with E-state index in [0.29, 0.717) is 6.29 Å². The summed E-state index contributed by atoms with van der Waals surface area (Å²) in [5.41, 5.74) is -2.04. The van der Waals surface area contributed by atoms with Crippen molar-refractivity contribution in [3.05, 3.63) is 29.3 Å². The molecule has 5 heteroatoms. The molecule has 21 heavy (non-hydrogen) atoms. The highest BCUT2D eigenvalue weighted by Crippen LogP contribution is 2.55. The van der Waals surface area contributed by atoms with E-state index in [1.807, 2.05) is 0 Å². The van der Waals surface area contributed by atoms with E-state index in [2.05, 4.69) is 0 Å². The maximum absolute atomic E-state index is 14.3. The number of rotatable bonds is 1. The number of ether oxygens (including phenoxy) is 1. The minimum Gasteiger partial charge on any atom is -0.490 e. The SMILES string of the molecule is CC1(C)C(=O)CCC2(C=O)c3c(F)ccc(F)c3OCC12. The molecule has 112 valence electrons. The van der Waals surface area contributed by atoms with Gasteiger partial charge in [0.25, 0.3) is 0 Å². The van der Waals surface area contributed by atoms with E-state index >= 15 is 0 Å². The highest BCUT2D eigenvalue weighted by molar-refractivity contribution is 5.89.